The molecule has 1 aromatic heterocycles. The maximum atomic E-state index is 14.8. The highest BCUT2D eigenvalue weighted by molar-refractivity contribution is 7.09. The van der Waals surface area contributed by atoms with Crippen molar-refractivity contribution >= 4 is 41.0 Å². The maximum Gasteiger partial charge on any atom is 0.309 e. The Hall–Kier alpha value is -4.28. The second kappa shape index (κ2) is 22.8. The summed E-state index contributed by atoms with van der Waals surface area (Å²) < 4.78 is 5.90. The van der Waals surface area contributed by atoms with Crippen LogP contribution in [0.4, 0.5) is 0 Å². The van der Waals surface area contributed by atoms with Crippen molar-refractivity contribution in [3.63, 3.8) is 0 Å². The van der Waals surface area contributed by atoms with E-state index in [9.17, 15) is 29.1 Å². The van der Waals surface area contributed by atoms with Crippen LogP contribution in [0.25, 0.3) is 0 Å². The lowest BCUT2D eigenvalue weighted by atomic mass is 9.84. The second-order valence-electron chi connectivity index (χ2n) is 17.0. The predicted octanol–water partition coefficient (Wildman–Crippen LogP) is 6.96. The van der Waals surface area contributed by atoms with Gasteiger partial charge >= 0.3 is 11.9 Å². The third-order valence-corrected chi connectivity index (χ3v) is 12.3. The van der Waals surface area contributed by atoms with E-state index >= 15 is 0 Å². The van der Waals surface area contributed by atoms with Gasteiger partial charge in [-0.1, -0.05) is 70.4 Å². The standard InChI is InChI=1S/C45H67N5O7S/c1-11-13-14-16-24-50(43(54)39(31(6)12-2)48-41(53)36-18-15-17-23-49(36)10)37(29(3)4)26-38(57-32(7)51)42-47-35(28-58-42)40(52)46-34(27-45(8,9)44(55)56)25-33-21-19-30(5)20-22-33/h1,19-22,28-29,31,34,36-39H,12-18,23-27H2,2-10H3,(H,46,52)(H,48,53)(H,55,56)/t31-,34-,36+,37+,38+,39-/m0/s1. The molecule has 1 aliphatic heterocycles. The van der Waals surface area contributed by atoms with Crippen LogP contribution in [0.2, 0.25) is 0 Å². The van der Waals surface area contributed by atoms with Gasteiger partial charge in [0.15, 0.2) is 6.10 Å². The molecule has 0 unspecified atom stereocenters. The number of esters is 1. The molecule has 3 amide bonds. The highest BCUT2D eigenvalue weighted by Crippen LogP contribution is 2.32. The number of hydrogen-bond donors (Lipinski definition) is 3. The summed E-state index contributed by atoms with van der Waals surface area (Å²) in [5.74, 6) is 0.146. The van der Waals surface area contributed by atoms with Crippen molar-refractivity contribution in [2.24, 2.45) is 17.3 Å². The Morgan fingerprint density at radius 1 is 1.10 bits per heavy atom. The Labute approximate surface area is 350 Å². The monoisotopic (exact) mass is 821 g/mol. The zero-order valence-electron chi connectivity index (χ0n) is 36.1. The normalized spacial score (nSPS) is 17.3. The molecule has 58 heavy (non-hydrogen) atoms. The number of rotatable bonds is 22. The molecule has 13 heteroatoms. The van der Waals surface area contributed by atoms with Gasteiger partial charge in [0.05, 0.1) is 11.5 Å². The Morgan fingerprint density at radius 2 is 1.79 bits per heavy atom. The topological polar surface area (TPSA) is 158 Å². The minimum atomic E-state index is -1.10. The number of terminal acetylenes is 1. The molecule has 2 aromatic rings. The van der Waals surface area contributed by atoms with E-state index in [4.69, 9.17) is 11.2 Å². The van der Waals surface area contributed by atoms with Crippen LogP contribution in [0.1, 0.15) is 139 Å². The first-order valence-electron chi connectivity index (χ1n) is 20.8. The van der Waals surface area contributed by atoms with Gasteiger partial charge in [-0.25, -0.2) is 4.98 Å². The number of benzene rings is 1. The van der Waals surface area contributed by atoms with Crippen LogP contribution in [0.5, 0.6) is 0 Å². The summed E-state index contributed by atoms with van der Waals surface area (Å²) in [5.41, 5.74) is 1.07. The zero-order valence-corrected chi connectivity index (χ0v) is 37.0. The second-order valence-corrected chi connectivity index (χ2v) is 17.9. The largest absolute Gasteiger partial charge is 0.481 e. The molecule has 1 fully saturated rings. The van der Waals surface area contributed by atoms with Gasteiger partial charge in [-0.05, 0) is 90.3 Å². The number of aliphatic carboxylic acids is 1. The number of carbonyl (C=O) groups excluding carboxylic acids is 4. The van der Waals surface area contributed by atoms with Crippen LogP contribution in [0.15, 0.2) is 29.6 Å². The number of nitrogens with one attached hydrogen (secondary N) is 2. The maximum absolute atomic E-state index is 14.8. The summed E-state index contributed by atoms with van der Waals surface area (Å²) in [5, 5.41) is 18.1. The fourth-order valence-corrected chi connectivity index (χ4v) is 8.37. The van der Waals surface area contributed by atoms with Crippen molar-refractivity contribution in [1.29, 1.82) is 0 Å². The Kier molecular flexibility index (Phi) is 18.9. The van der Waals surface area contributed by atoms with Crippen molar-refractivity contribution in [2.45, 2.75) is 150 Å². The average molecular weight is 822 g/mol. The number of carboxylic acid groups (broad SMARTS) is 1. The zero-order chi connectivity index (χ0) is 43.2. The first kappa shape index (κ1) is 48.1. The SMILES string of the molecule is C#CCCCCN(C(=O)[C@@H](NC(=O)[C@H]1CCCCN1C)[C@@H](C)CC)[C@H](C[C@@H](OC(C)=O)c1nc(C(=O)N[C@@H](Cc2ccc(C)cc2)CC(C)(C)C(=O)O)cs1)C(C)C. The minimum absolute atomic E-state index is 0.0877. The van der Waals surface area contributed by atoms with E-state index in [0.717, 1.165) is 36.9 Å². The highest BCUT2D eigenvalue weighted by atomic mass is 32.1. The van der Waals surface area contributed by atoms with E-state index in [0.29, 0.717) is 43.7 Å². The molecular weight excluding hydrogens is 755 g/mol. The number of thiazole rings is 1. The van der Waals surface area contributed by atoms with Crippen LogP contribution >= 0.6 is 11.3 Å². The molecule has 6 atom stereocenters. The minimum Gasteiger partial charge on any atom is -0.481 e. The van der Waals surface area contributed by atoms with Crippen molar-refractivity contribution in [3.8, 4) is 12.3 Å². The summed E-state index contributed by atoms with van der Waals surface area (Å²) in [7, 11) is 1.95. The number of likely N-dealkylation sites (tertiary alicyclic amines) is 1. The van der Waals surface area contributed by atoms with Crippen LogP contribution in [-0.4, -0.2) is 93.9 Å². The van der Waals surface area contributed by atoms with E-state index in [2.05, 4.69) is 26.4 Å². The van der Waals surface area contributed by atoms with E-state index in [-0.39, 0.29) is 48.2 Å². The molecule has 2 heterocycles. The Balaban J connectivity index is 1.94. The van der Waals surface area contributed by atoms with E-state index < -0.39 is 47.5 Å². The number of aryl methyl sites for hydroxylation is 1. The molecule has 1 aliphatic rings. The molecule has 0 radical (unpaired) electrons. The lowest BCUT2D eigenvalue weighted by Gasteiger charge is -2.40. The third kappa shape index (κ3) is 14.2. The first-order chi connectivity index (χ1) is 27.4. The third-order valence-electron chi connectivity index (χ3n) is 11.3. The molecule has 0 bridgehead atoms. The fraction of sp³-hybridized carbons (Fsp3) is 0.644. The van der Waals surface area contributed by atoms with Crippen molar-refractivity contribution in [1.82, 2.24) is 25.4 Å². The van der Waals surface area contributed by atoms with Crippen LogP contribution in [0.3, 0.4) is 0 Å². The van der Waals surface area contributed by atoms with Gasteiger partial charge in [-0.3, -0.25) is 28.9 Å². The molecule has 3 rings (SSSR count). The molecule has 320 valence electrons. The Bertz CT molecular complexity index is 1720. The number of nitrogens with zero attached hydrogens (tertiary/aromatic N) is 3. The number of carboxylic acids is 1. The molecule has 3 N–H and O–H groups in total. The number of amides is 3. The first-order valence-corrected chi connectivity index (χ1v) is 21.7. The van der Waals surface area contributed by atoms with Crippen molar-refractivity contribution < 1.29 is 33.8 Å². The molecule has 1 aromatic carbocycles. The van der Waals surface area contributed by atoms with Gasteiger partial charge in [-0.2, -0.15) is 0 Å². The molecule has 1 saturated heterocycles. The van der Waals surface area contributed by atoms with Crippen LogP contribution in [0, 0.1) is 36.5 Å². The van der Waals surface area contributed by atoms with E-state index in [1.807, 2.05) is 70.8 Å². The number of ether oxygens (including phenoxy) is 1. The van der Waals surface area contributed by atoms with Gasteiger partial charge in [-0.15, -0.1) is 23.7 Å². The van der Waals surface area contributed by atoms with Crippen LogP contribution < -0.4 is 10.6 Å². The Morgan fingerprint density at radius 3 is 2.38 bits per heavy atom. The number of aromatic nitrogens is 1. The lowest BCUT2D eigenvalue weighted by Crippen LogP contribution is -2.59. The number of carbonyl (C=O) groups is 5. The highest BCUT2D eigenvalue weighted by Gasteiger charge is 2.39. The van der Waals surface area contributed by atoms with Gasteiger partial charge in [0, 0.05) is 43.8 Å². The van der Waals surface area contributed by atoms with Crippen LogP contribution in [-0.2, 0) is 30.3 Å². The summed E-state index contributed by atoms with van der Waals surface area (Å²) >= 11 is 1.19. The predicted molar refractivity (Wildman–Crippen MR) is 228 cm³/mol. The molecule has 12 nitrogen and oxygen atoms in total. The average Bonchev–Trinajstić information content (AvgIpc) is 3.67. The number of piperidine rings is 1. The van der Waals surface area contributed by atoms with E-state index in [1.165, 1.54) is 18.3 Å². The summed E-state index contributed by atoms with van der Waals surface area (Å²) in [6.45, 7) is 15.8. The smallest absolute Gasteiger partial charge is 0.309 e. The fourth-order valence-electron chi connectivity index (χ4n) is 7.53. The molecule has 0 spiro atoms. The van der Waals surface area contributed by atoms with Gasteiger partial charge in [0.2, 0.25) is 11.8 Å². The lowest BCUT2D eigenvalue weighted by molar-refractivity contribution is -0.150. The number of unbranched alkanes of at least 4 members (excludes halogenated alkanes) is 2. The number of hydrogen-bond acceptors (Lipinski definition) is 9. The van der Waals surface area contributed by atoms with Crippen molar-refractivity contribution in [2.75, 3.05) is 20.1 Å². The van der Waals surface area contributed by atoms with E-state index in [1.54, 1.807) is 19.2 Å². The van der Waals surface area contributed by atoms with Gasteiger partial charge < -0.3 is 25.4 Å². The summed E-state index contributed by atoms with van der Waals surface area (Å²) in [4.78, 5) is 75.6. The quantitative estimate of drug-likeness (QED) is 0.0649. The van der Waals surface area contributed by atoms with Gasteiger partial charge in [0.1, 0.15) is 16.7 Å². The summed E-state index contributed by atoms with van der Waals surface area (Å²) in [6.07, 6.45) is 10.8. The number of likely N-dealkylation sites (N-methyl/N-ethyl adjacent to an activating group) is 1. The van der Waals surface area contributed by atoms with Gasteiger partial charge in [0.25, 0.3) is 5.91 Å². The molecule has 0 aliphatic carbocycles. The van der Waals surface area contributed by atoms with Crippen molar-refractivity contribution in [3.05, 3.63) is 51.5 Å². The molecule has 0 saturated carbocycles. The molecular formula is C45H67N5O7S. The summed E-state index contributed by atoms with van der Waals surface area (Å²) in [6, 6.07) is 5.89.